The Kier molecular flexibility index (Phi) is 3.96. The molecule has 0 aliphatic carbocycles. The van der Waals surface area contributed by atoms with Gasteiger partial charge in [0, 0.05) is 4.47 Å². The third kappa shape index (κ3) is 3.00. The van der Waals surface area contributed by atoms with Gasteiger partial charge in [0.05, 0.1) is 5.69 Å². The van der Waals surface area contributed by atoms with Crippen molar-refractivity contribution in [3.05, 3.63) is 77.0 Å². The predicted molar refractivity (Wildman–Crippen MR) is 95.1 cm³/mol. The summed E-state index contributed by atoms with van der Waals surface area (Å²) in [6.07, 6.45) is 0. The number of nitrogens with zero attached hydrogens (tertiary/aromatic N) is 4. The Bertz CT molecular complexity index is 985. The number of benzene rings is 3. The molecule has 0 amide bonds. The van der Waals surface area contributed by atoms with Crippen LogP contribution in [0.25, 0.3) is 16.5 Å². The SMILES string of the molecule is Brc1ccc2cc(OCc3nnnn3-c3ccccc3)ccc2c1. The van der Waals surface area contributed by atoms with Gasteiger partial charge in [-0.25, -0.2) is 0 Å². The summed E-state index contributed by atoms with van der Waals surface area (Å²) in [6.45, 7) is 0.296. The molecule has 0 bridgehead atoms. The molecule has 4 rings (SSSR count). The summed E-state index contributed by atoms with van der Waals surface area (Å²) in [5.41, 5.74) is 0.907. The van der Waals surface area contributed by atoms with Crippen LogP contribution in [0.2, 0.25) is 0 Å². The van der Waals surface area contributed by atoms with E-state index in [-0.39, 0.29) is 0 Å². The van der Waals surface area contributed by atoms with Crippen LogP contribution in [0.15, 0.2) is 71.2 Å². The topological polar surface area (TPSA) is 52.8 Å². The molecule has 0 spiro atoms. The Hall–Kier alpha value is -2.73. The maximum absolute atomic E-state index is 5.88. The van der Waals surface area contributed by atoms with Crippen LogP contribution in [-0.2, 0) is 6.61 Å². The molecule has 0 saturated heterocycles. The molecule has 3 aromatic carbocycles. The molecule has 0 unspecified atom stereocenters. The molecular formula is C18H13BrN4O. The first kappa shape index (κ1) is 14.8. The molecule has 6 heteroatoms. The average Bonchev–Trinajstić information content (AvgIpc) is 3.09. The fraction of sp³-hybridized carbons (Fsp3) is 0.0556. The first-order chi connectivity index (χ1) is 11.8. The van der Waals surface area contributed by atoms with Gasteiger partial charge in [0.2, 0.25) is 0 Å². The van der Waals surface area contributed by atoms with E-state index in [1.807, 2.05) is 54.6 Å². The van der Waals surface area contributed by atoms with E-state index in [1.54, 1.807) is 4.68 Å². The van der Waals surface area contributed by atoms with E-state index < -0.39 is 0 Å². The lowest BCUT2D eigenvalue weighted by Gasteiger charge is -2.08. The Morgan fingerprint density at radius 1 is 0.917 bits per heavy atom. The lowest BCUT2D eigenvalue weighted by atomic mass is 10.1. The van der Waals surface area contributed by atoms with Crippen LogP contribution in [0.3, 0.4) is 0 Å². The molecule has 0 fully saturated rings. The number of aromatic nitrogens is 4. The van der Waals surface area contributed by atoms with E-state index in [4.69, 9.17) is 4.74 Å². The summed E-state index contributed by atoms with van der Waals surface area (Å²) in [7, 11) is 0. The minimum Gasteiger partial charge on any atom is -0.486 e. The predicted octanol–water partition coefficient (Wildman–Crippen LogP) is 4.16. The van der Waals surface area contributed by atoms with Gasteiger partial charge in [-0.3, -0.25) is 0 Å². The molecule has 5 nitrogen and oxygen atoms in total. The number of fused-ring (bicyclic) bond motifs is 1. The highest BCUT2D eigenvalue weighted by atomic mass is 79.9. The molecule has 0 aliphatic rings. The zero-order valence-electron chi connectivity index (χ0n) is 12.6. The summed E-state index contributed by atoms with van der Waals surface area (Å²) in [4.78, 5) is 0. The van der Waals surface area contributed by atoms with Gasteiger partial charge in [-0.1, -0.05) is 46.3 Å². The molecule has 1 aromatic heterocycles. The first-order valence-corrected chi connectivity index (χ1v) is 8.24. The summed E-state index contributed by atoms with van der Waals surface area (Å²) in [6, 6.07) is 21.9. The van der Waals surface area contributed by atoms with Crippen molar-refractivity contribution in [1.82, 2.24) is 20.2 Å². The van der Waals surface area contributed by atoms with E-state index in [9.17, 15) is 0 Å². The summed E-state index contributed by atoms with van der Waals surface area (Å²) in [5, 5.41) is 14.1. The van der Waals surface area contributed by atoms with Crippen molar-refractivity contribution < 1.29 is 4.74 Å². The van der Waals surface area contributed by atoms with Crippen molar-refractivity contribution in [1.29, 1.82) is 0 Å². The molecule has 0 saturated carbocycles. The Morgan fingerprint density at radius 3 is 2.58 bits per heavy atom. The molecule has 0 N–H and O–H groups in total. The zero-order chi connectivity index (χ0) is 16.4. The number of para-hydroxylation sites is 1. The monoisotopic (exact) mass is 380 g/mol. The largest absolute Gasteiger partial charge is 0.486 e. The van der Waals surface area contributed by atoms with Gasteiger partial charge in [-0.15, -0.1) is 5.10 Å². The smallest absolute Gasteiger partial charge is 0.194 e. The fourth-order valence-electron chi connectivity index (χ4n) is 2.50. The first-order valence-electron chi connectivity index (χ1n) is 7.44. The van der Waals surface area contributed by atoms with E-state index in [1.165, 1.54) is 0 Å². The van der Waals surface area contributed by atoms with Gasteiger partial charge in [0.15, 0.2) is 5.82 Å². The maximum atomic E-state index is 5.88. The third-order valence-corrected chi connectivity index (χ3v) is 4.17. The number of hydrogen-bond acceptors (Lipinski definition) is 4. The van der Waals surface area contributed by atoms with Crippen LogP contribution in [0.4, 0.5) is 0 Å². The molecule has 118 valence electrons. The van der Waals surface area contributed by atoms with Crippen LogP contribution in [0.1, 0.15) is 5.82 Å². The van der Waals surface area contributed by atoms with E-state index in [0.29, 0.717) is 12.4 Å². The van der Waals surface area contributed by atoms with E-state index in [2.05, 4.69) is 43.6 Å². The summed E-state index contributed by atoms with van der Waals surface area (Å²) in [5.74, 6) is 1.43. The number of ether oxygens (including phenoxy) is 1. The number of halogens is 1. The van der Waals surface area contributed by atoms with Crippen LogP contribution < -0.4 is 4.74 Å². The Labute approximate surface area is 147 Å². The normalized spacial score (nSPS) is 10.9. The molecule has 0 atom stereocenters. The lowest BCUT2D eigenvalue weighted by molar-refractivity contribution is 0.292. The minimum atomic E-state index is 0.296. The van der Waals surface area contributed by atoms with E-state index >= 15 is 0 Å². The van der Waals surface area contributed by atoms with Crippen molar-refractivity contribution in [2.75, 3.05) is 0 Å². The zero-order valence-corrected chi connectivity index (χ0v) is 14.2. The van der Waals surface area contributed by atoms with Crippen molar-refractivity contribution in [2.45, 2.75) is 6.61 Å². The summed E-state index contributed by atoms with van der Waals surface area (Å²) < 4.78 is 8.62. The van der Waals surface area contributed by atoms with Gasteiger partial charge in [-0.2, -0.15) is 4.68 Å². The highest BCUT2D eigenvalue weighted by Crippen LogP contribution is 2.24. The highest BCUT2D eigenvalue weighted by Gasteiger charge is 2.09. The number of rotatable bonds is 4. The highest BCUT2D eigenvalue weighted by molar-refractivity contribution is 9.10. The van der Waals surface area contributed by atoms with E-state index in [0.717, 1.165) is 26.7 Å². The average molecular weight is 381 g/mol. The molecule has 0 aliphatic heterocycles. The second kappa shape index (κ2) is 6.41. The molecular weight excluding hydrogens is 368 g/mol. The quantitative estimate of drug-likeness (QED) is 0.533. The second-order valence-electron chi connectivity index (χ2n) is 5.28. The number of hydrogen-bond donors (Lipinski definition) is 0. The van der Waals surface area contributed by atoms with Crippen LogP contribution in [0, 0.1) is 0 Å². The standard InChI is InChI=1S/C18H13BrN4O/c19-15-8-6-14-11-17(9-7-13(14)10-15)24-12-18-20-21-22-23(18)16-4-2-1-3-5-16/h1-11H,12H2. The minimum absolute atomic E-state index is 0.296. The molecule has 4 aromatic rings. The van der Waals surface area contributed by atoms with Gasteiger partial charge < -0.3 is 4.74 Å². The van der Waals surface area contributed by atoms with Crippen LogP contribution in [0.5, 0.6) is 5.75 Å². The van der Waals surface area contributed by atoms with Gasteiger partial charge >= 0.3 is 0 Å². The summed E-state index contributed by atoms with van der Waals surface area (Å²) >= 11 is 3.48. The third-order valence-electron chi connectivity index (χ3n) is 3.68. The van der Waals surface area contributed by atoms with Crippen molar-refractivity contribution in [2.24, 2.45) is 0 Å². The van der Waals surface area contributed by atoms with Crippen molar-refractivity contribution in [3.63, 3.8) is 0 Å². The molecule has 0 radical (unpaired) electrons. The van der Waals surface area contributed by atoms with Gasteiger partial charge in [-0.05, 0) is 57.6 Å². The molecule has 24 heavy (non-hydrogen) atoms. The maximum Gasteiger partial charge on any atom is 0.194 e. The fourth-order valence-corrected chi connectivity index (χ4v) is 2.88. The van der Waals surface area contributed by atoms with Crippen molar-refractivity contribution >= 4 is 26.7 Å². The second-order valence-corrected chi connectivity index (χ2v) is 6.20. The Morgan fingerprint density at radius 2 is 1.71 bits per heavy atom. The van der Waals surface area contributed by atoms with Gasteiger partial charge in [0.25, 0.3) is 0 Å². The van der Waals surface area contributed by atoms with Crippen LogP contribution >= 0.6 is 15.9 Å². The van der Waals surface area contributed by atoms with Gasteiger partial charge in [0.1, 0.15) is 12.4 Å². The van der Waals surface area contributed by atoms with Crippen LogP contribution in [-0.4, -0.2) is 20.2 Å². The number of tetrazole rings is 1. The lowest BCUT2D eigenvalue weighted by Crippen LogP contribution is -2.06. The Balaban J connectivity index is 1.56. The van der Waals surface area contributed by atoms with Crippen molar-refractivity contribution in [3.8, 4) is 11.4 Å². The molecule has 1 heterocycles.